The van der Waals surface area contributed by atoms with E-state index in [0.29, 0.717) is 12.6 Å². The summed E-state index contributed by atoms with van der Waals surface area (Å²) >= 11 is 0. The number of hydrogen-bond acceptors (Lipinski definition) is 3. The van der Waals surface area contributed by atoms with Gasteiger partial charge in [-0.25, -0.2) is 0 Å². The Kier molecular flexibility index (Phi) is 4.21. The highest BCUT2D eigenvalue weighted by molar-refractivity contribution is 5.83. The number of nitrogens with one attached hydrogen (secondary N) is 2. The third kappa shape index (κ3) is 3.12. The van der Waals surface area contributed by atoms with E-state index in [-0.39, 0.29) is 5.91 Å². The number of nitrogens with zero attached hydrogens (tertiary/aromatic N) is 1. The largest absolute Gasteiger partial charge is 0.360 e. The lowest BCUT2D eigenvalue weighted by Gasteiger charge is -2.31. The van der Waals surface area contributed by atoms with Crippen molar-refractivity contribution in [3.8, 4) is 0 Å². The molecular formula is C16H23N3O. The quantitative estimate of drug-likeness (QED) is 0.873. The van der Waals surface area contributed by atoms with E-state index in [1.54, 1.807) is 0 Å². The van der Waals surface area contributed by atoms with E-state index in [0.717, 1.165) is 26.1 Å². The van der Waals surface area contributed by atoms with E-state index < -0.39 is 0 Å². The molecule has 2 aliphatic heterocycles. The first-order chi connectivity index (χ1) is 9.83. The summed E-state index contributed by atoms with van der Waals surface area (Å²) in [5.41, 5.74) is 2.59. The normalized spacial score (nSPS) is 23.5. The van der Waals surface area contributed by atoms with Gasteiger partial charge in [0.2, 0.25) is 5.91 Å². The zero-order valence-corrected chi connectivity index (χ0v) is 11.9. The second-order valence-electron chi connectivity index (χ2n) is 5.75. The van der Waals surface area contributed by atoms with Crippen LogP contribution in [0, 0.1) is 0 Å². The Morgan fingerprint density at radius 1 is 1.20 bits per heavy atom. The minimum absolute atomic E-state index is 0.127. The first-order valence-electron chi connectivity index (χ1n) is 7.66. The third-order valence-corrected chi connectivity index (χ3v) is 4.25. The van der Waals surface area contributed by atoms with Gasteiger partial charge in [0.15, 0.2) is 0 Å². The minimum atomic E-state index is 0.127. The maximum absolute atomic E-state index is 11.6. The van der Waals surface area contributed by atoms with Gasteiger partial charge in [-0.3, -0.25) is 4.79 Å². The number of hydrogen-bond donors (Lipinski definition) is 2. The summed E-state index contributed by atoms with van der Waals surface area (Å²) in [6.45, 7) is 3.27. The van der Waals surface area contributed by atoms with Crippen LogP contribution in [0.15, 0.2) is 24.3 Å². The molecule has 1 atom stereocenters. The molecule has 1 amide bonds. The fourth-order valence-electron chi connectivity index (χ4n) is 3.20. The maximum Gasteiger partial charge on any atom is 0.239 e. The second kappa shape index (κ2) is 6.27. The van der Waals surface area contributed by atoms with Crippen molar-refractivity contribution in [2.45, 2.75) is 31.7 Å². The first kappa shape index (κ1) is 13.4. The molecular weight excluding hydrogens is 250 g/mol. The van der Waals surface area contributed by atoms with Crippen molar-refractivity contribution in [1.29, 1.82) is 0 Å². The van der Waals surface area contributed by atoms with Gasteiger partial charge in [0.1, 0.15) is 0 Å². The van der Waals surface area contributed by atoms with Gasteiger partial charge < -0.3 is 15.5 Å². The Balaban J connectivity index is 1.75. The number of anilines is 1. The number of carbonyl (C=O) groups excluding carboxylic acids is 1. The van der Waals surface area contributed by atoms with E-state index in [9.17, 15) is 4.79 Å². The predicted molar refractivity (Wildman–Crippen MR) is 81.0 cm³/mol. The molecule has 1 aromatic carbocycles. The van der Waals surface area contributed by atoms with Crippen molar-refractivity contribution in [3.63, 3.8) is 0 Å². The Bertz CT molecular complexity index is 469. The van der Waals surface area contributed by atoms with Crippen LogP contribution in [0.25, 0.3) is 0 Å². The zero-order chi connectivity index (χ0) is 13.8. The molecule has 0 bridgehead atoms. The van der Waals surface area contributed by atoms with Crippen LogP contribution in [-0.2, 0) is 11.2 Å². The van der Waals surface area contributed by atoms with Gasteiger partial charge in [0.25, 0.3) is 0 Å². The van der Waals surface area contributed by atoms with Crippen LogP contribution in [0.3, 0.4) is 0 Å². The molecule has 4 nitrogen and oxygen atoms in total. The molecule has 108 valence electrons. The molecule has 1 aromatic rings. The fraction of sp³-hybridized carbons (Fsp3) is 0.562. The Hall–Kier alpha value is -1.55. The van der Waals surface area contributed by atoms with Crippen molar-refractivity contribution in [3.05, 3.63) is 29.8 Å². The fourth-order valence-corrected chi connectivity index (χ4v) is 3.20. The number of piperazine rings is 1. The molecule has 0 aliphatic carbocycles. The lowest BCUT2D eigenvalue weighted by Crippen LogP contribution is -2.48. The monoisotopic (exact) mass is 273 g/mol. The van der Waals surface area contributed by atoms with Crippen LogP contribution < -0.4 is 15.5 Å². The zero-order valence-electron chi connectivity index (χ0n) is 11.9. The third-order valence-electron chi connectivity index (χ3n) is 4.25. The first-order valence-corrected chi connectivity index (χ1v) is 7.66. The summed E-state index contributed by atoms with van der Waals surface area (Å²) in [5.74, 6) is 0.127. The summed E-state index contributed by atoms with van der Waals surface area (Å²) in [7, 11) is 0. The molecule has 4 heteroatoms. The summed E-state index contributed by atoms with van der Waals surface area (Å²) in [6, 6.07) is 9.11. The number of piperidine rings is 1. The van der Waals surface area contributed by atoms with E-state index >= 15 is 0 Å². The molecule has 20 heavy (non-hydrogen) atoms. The molecule has 2 fully saturated rings. The molecule has 2 heterocycles. The minimum Gasteiger partial charge on any atom is -0.360 e. The molecule has 2 N–H and O–H groups in total. The number of rotatable bonds is 3. The lowest BCUT2D eigenvalue weighted by atomic mass is 9.96. The van der Waals surface area contributed by atoms with Gasteiger partial charge in [-0.1, -0.05) is 24.6 Å². The average Bonchev–Trinajstić information content (AvgIpc) is 2.49. The number of para-hydroxylation sites is 1. The number of amides is 1. The molecule has 0 radical (unpaired) electrons. The molecule has 2 aliphatic rings. The summed E-state index contributed by atoms with van der Waals surface area (Å²) < 4.78 is 0. The highest BCUT2D eigenvalue weighted by Gasteiger charge is 2.20. The number of carbonyl (C=O) groups is 1. The van der Waals surface area contributed by atoms with Gasteiger partial charge >= 0.3 is 0 Å². The molecule has 2 saturated heterocycles. The van der Waals surface area contributed by atoms with Crippen molar-refractivity contribution >= 4 is 11.6 Å². The smallest absolute Gasteiger partial charge is 0.239 e. The van der Waals surface area contributed by atoms with Crippen LogP contribution in [0.1, 0.15) is 24.8 Å². The standard InChI is InChI=1S/C16H23N3O/c20-16-12-19(10-9-18-16)15-7-2-1-5-13(15)11-14-6-3-4-8-17-14/h1-2,5,7,14,17H,3-4,6,8-12H2,(H,18,20). The molecule has 3 rings (SSSR count). The van der Waals surface area contributed by atoms with Crippen molar-refractivity contribution in [1.82, 2.24) is 10.6 Å². The Morgan fingerprint density at radius 3 is 2.90 bits per heavy atom. The van der Waals surface area contributed by atoms with Gasteiger partial charge in [0, 0.05) is 24.8 Å². The number of benzene rings is 1. The predicted octanol–water partition coefficient (Wildman–Crippen LogP) is 1.31. The van der Waals surface area contributed by atoms with E-state index in [1.807, 2.05) is 0 Å². The molecule has 0 spiro atoms. The summed E-state index contributed by atoms with van der Waals surface area (Å²) in [4.78, 5) is 13.8. The van der Waals surface area contributed by atoms with E-state index in [4.69, 9.17) is 0 Å². The van der Waals surface area contributed by atoms with Gasteiger partial charge in [0.05, 0.1) is 6.54 Å². The van der Waals surface area contributed by atoms with Crippen LogP contribution in [0.2, 0.25) is 0 Å². The summed E-state index contributed by atoms with van der Waals surface area (Å²) in [6.07, 6.45) is 4.94. The highest BCUT2D eigenvalue weighted by Crippen LogP contribution is 2.24. The maximum atomic E-state index is 11.6. The topological polar surface area (TPSA) is 44.4 Å². The molecule has 0 aromatic heterocycles. The average molecular weight is 273 g/mol. The van der Waals surface area contributed by atoms with Crippen LogP contribution >= 0.6 is 0 Å². The van der Waals surface area contributed by atoms with Gasteiger partial charge in [-0.15, -0.1) is 0 Å². The summed E-state index contributed by atoms with van der Waals surface area (Å²) in [5, 5.41) is 6.50. The van der Waals surface area contributed by atoms with E-state index in [2.05, 4.69) is 39.8 Å². The second-order valence-corrected chi connectivity index (χ2v) is 5.75. The van der Waals surface area contributed by atoms with Gasteiger partial charge in [-0.2, -0.15) is 0 Å². The van der Waals surface area contributed by atoms with E-state index in [1.165, 1.54) is 30.5 Å². The lowest BCUT2D eigenvalue weighted by molar-refractivity contribution is -0.120. The Labute approximate surface area is 120 Å². The van der Waals surface area contributed by atoms with Crippen LogP contribution in [0.5, 0.6) is 0 Å². The van der Waals surface area contributed by atoms with Crippen LogP contribution in [-0.4, -0.2) is 38.1 Å². The van der Waals surface area contributed by atoms with Gasteiger partial charge in [-0.05, 0) is 37.4 Å². The van der Waals surface area contributed by atoms with Crippen molar-refractivity contribution in [2.24, 2.45) is 0 Å². The van der Waals surface area contributed by atoms with Crippen LogP contribution in [0.4, 0.5) is 5.69 Å². The molecule has 0 saturated carbocycles. The highest BCUT2D eigenvalue weighted by atomic mass is 16.2. The SMILES string of the molecule is O=C1CN(c2ccccc2CC2CCCCN2)CCN1. The van der Waals surface area contributed by atoms with Crippen molar-refractivity contribution < 1.29 is 4.79 Å². The Morgan fingerprint density at radius 2 is 2.10 bits per heavy atom. The van der Waals surface area contributed by atoms with Crippen molar-refractivity contribution in [2.75, 3.05) is 31.1 Å². The molecule has 1 unspecified atom stereocenters.